The van der Waals surface area contributed by atoms with Gasteiger partial charge in [-0.1, -0.05) is 0 Å². The molecule has 1 saturated heterocycles. The van der Waals surface area contributed by atoms with Crippen LogP contribution in [0.2, 0.25) is 0 Å². The minimum Gasteiger partial charge on any atom is -0.337 e. The SMILES string of the molecule is CC(NCCN1CCN(C)CC1)c1nccn1C. The summed E-state index contributed by atoms with van der Waals surface area (Å²) >= 11 is 0. The molecule has 0 aromatic carbocycles. The second-order valence-electron chi connectivity index (χ2n) is 5.22. The van der Waals surface area contributed by atoms with Crippen molar-refractivity contribution in [1.29, 1.82) is 0 Å². The zero-order valence-electron chi connectivity index (χ0n) is 11.8. The Labute approximate surface area is 110 Å². The first kappa shape index (κ1) is 13.5. The lowest BCUT2D eigenvalue weighted by Gasteiger charge is -2.32. The number of imidazole rings is 1. The van der Waals surface area contributed by atoms with Gasteiger partial charge in [-0.15, -0.1) is 0 Å². The van der Waals surface area contributed by atoms with E-state index in [0.717, 1.165) is 18.9 Å². The Kier molecular flexibility index (Phi) is 4.74. The van der Waals surface area contributed by atoms with Gasteiger partial charge in [0.1, 0.15) is 5.82 Å². The summed E-state index contributed by atoms with van der Waals surface area (Å²) in [6.45, 7) is 9.08. The number of hydrogen-bond donors (Lipinski definition) is 1. The normalized spacial score (nSPS) is 20.2. The first-order valence-corrected chi connectivity index (χ1v) is 6.78. The van der Waals surface area contributed by atoms with Crippen LogP contribution in [0, 0.1) is 0 Å². The molecule has 102 valence electrons. The maximum absolute atomic E-state index is 4.37. The van der Waals surface area contributed by atoms with Crippen molar-refractivity contribution in [2.24, 2.45) is 7.05 Å². The van der Waals surface area contributed by atoms with Crippen molar-refractivity contribution in [2.45, 2.75) is 13.0 Å². The highest BCUT2D eigenvalue weighted by molar-refractivity contribution is 4.96. The van der Waals surface area contributed by atoms with E-state index < -0.39 is 0 Å². The van der Waals surface area contributed by atoms with E-state index >= 15 is 0 Å². The minimum absolute atomic E-state index is 0.317. The quantitative estimate of drug-likeness (QED) is 0.817. The van der Waals surface area contributed by atoms with Crippen LogP contribution in [0.25, 0.3) is 0 Å². The Morgan fingerprint density at radius 3 is 2.61 bits per heavy atom. The van der Waals surface area contributed by atoms with Gasteiger partial charge in [-0.05, 0) is 14.0 Å². The number of likely N-dealkylation sites (N-methyl/N-ethyl adjacent to an activating group) is 1. The Balaban J connectivity index is 1.68. The Bertz CT molecular complexity index is 354. The van der Waals surface area contributed by atoms with Crippen LogP contribution in [0.1, 0.15) is 18.8 Å². The van der Waals surface area contributed by atoms with E-state index in [-0.39, 0.29) is 0 Å². The molecule has 2 heterocycles. The molecule has 1 aromatic rings. The molecular formula is C13H25N5. The summed E-state index contributed by atoms with van der Waals surface area (Å²) in [6, 6.07) is 0.317. The van der Waals surface area contributed by atoms with Gasteiger partial charge in [-0.2, -0.15) is 0 Å². The highest BCUT2D eigenvalue weighted by Gasteiger charge is 2.14. The molecule has 0 spiro atoms. The summed E-state index contributed by atoms with van der Waals surface area (Å²) < 4.78 is 2.08. The maximum atomic E-state index is 4.37. The van der Waals surface area contributed by atoms with E-state index in [1.54, 1.807) is 0 Å². The van der Waals surface area contributed by atoms with Gasteiger partial charge in [0, 0.05) is 58.7 Å². The van der Waals surface area contributed by atoms with E-state index in [2.05, 4.69) is 38.6 Å². The molecule has 1 fully saturated rings. The molecule has 0 radical (unpaired) electrons. The van der Waals surface area contributed by atoms with E-state index in [1.165, 1.54) is 26.2 Å². The summed E-state index contributed by atoms with van der Waals surface area (Å²) in [4.78, 5) is 9.29. The summed E-state index contributed by atoms with van der Waals surface area (Å²) in [5.41, 5.74) is 0. The van der Waals surface area contributed by atoms with Gasteiger partial charge < -0.3 is 14.8 Å². The van der Waals surface area contributed by atoms with Crippen molar-refractivity contribution in [3.8, 4) is 0 Å². The molecule has 1 aliphatic heterocycles. The Morgan fingerprint density at radius 2 is 2.00 bits per heavy atom. The summed E-state index contributed by atoms with van der Waals surface area (Å²) in [5, 5.41) is 3.55. The predicted octanol–water partition coefficient (Wildman–Crippen LogP) is 0.318. The zero-order chi connectivity index (χ0) is 13.0. The van der Waals surface area contributed by atoms with Crippen molar-refractivity contribution >= 4 is 0 Å². The lowest BCUT2D eigenvalue weighted by molar-refractivity contribution is 0.153. The first-order chi connectivity index (χ1) is 8.66. The summed E-state index contributed by atoms with van der Waals surface area (Å²) in [7, 11) is 4.24. The molecule has 0 aliphatic carbocycles. The Morgan fingerprint density at radius 1 is 1.28 bits per heavy atom. The monoisotopic (exact) mass is 251 g/mol. The lowest BCUT2D eigenvalue weighted by Crippen LogP contribution is -2.46. The maximum Gasteiger partial charge on any atom is 0.125 e. The van der Waals surface area contributed by atoms with E-state index in [1.807, 2.05) is 19.4 Å². The van der Waals surface area contributed by atoms with Crippen LogP contribution in [0.5, 0.6) is 0 Å². The summed E-state index contributed by atoms with van der Waals surface area (Å²) in [6.07, 6.45) is 3.85. The van der Waals surface area contributed by atoms with Crippen molar-refractivity contribution in [2.75, 3.05) is 46.3 Å². The second kappa shape index (κ2) is 6.31. The number of aromatic nitrogens is 2. The molecule has 0 amide bonds. The van der Waals surface area contributed by atoms with Gasteiger partial charge in [-0.3, -0.25) is 4.90 Å². The first-order valence-electron chi connectivity index (χ1n) is 6.78. The molecule has 1 aromatic heterocycles. The van der Waals surface area contributed by atoms with Gasteiger partial charge in [0.05, 0.1) is 6.04 Å². The van der Waals surface area contributed by atoms with Crippen molar-refractivity contribution in [3.63, 3.8) is 0 Å². The number of rotatable bonds is 5. The van der Waals surface area contributed by atoms with Crippen LogP contribution in [0.15, 0.2) is 12.4 Å². The van der Waals surface area contributed by atoms with Crippen molar-refractivity contribution < 1.29 is 0 Å². The van der Waals surface area contributed by atoms with Gasteiger partial charge in [0.2, 0.25) is 0 Å². The van der Waals surface area contributed by atoms with Gasteiger partial charge >= 0.3 is 0 Å². The standard InChI is InChI=1S/C13H25N5/c1-12(13-15-4-6-17(13)3)14-5-7-18-10-8-16(2)9-11-18/h4,6,12,14H,5,7-11H2,1-3H3. The molecule has 1 atom stereocenters. The number of nitrogens with one attached hydrogen (secondary N) is 1. The molecule has 1 unspecified atom stereocenters. The number of aryl methyl sites for hydroxylation is 1. The molecule has 1 N–H and O–H groups in total. The molecule has 1 aliphatic rings. The van der Waals surface area contributed by atoms with Crippen molar-refractivity contribution in [1.82, 2.24) is 24.7 Å². The predicted molar refractivity (Wildman–Crippen MR) is 73.6 cm³/mol. The lowest BCUT2D eigenvalue weighted by atomic mass is 10.3. The van der Waals surface area contributed by atoms with E-state index in [0.29, 0.717) is 6.04 Å². The van der Waals surface area contributed by atoms with Gasteiger partial charge in [0.15, 0.2) is 0 Å². The van der Waals surface area contributed by atoms with Crippen molar-refractivity contribution in [3.05, 3.63) is 18.2 Å². The average molecular weight is 251 g/mol. The number of nitrogens with zero attached hydrogens (tertiary/aromatic N) is 4. The number of hydrogen-bond acceptors (Lipinski definition) is 4. The molecule has 0 saturated carbocycles. The fourth-order valence-electron chi connectivity index (χ4n) is 2.40. The second-order valence-corrected chi connectivity index (χ2v) is 5.22. The molecular weight excluding hydrogens is 226 g/mol. The highest BCUT2D eigenvalue weighted by Crippen LogP contribution is 2.07. The third kappa shape index (κ3) is 3.54. The van der Waals surface area contributed by atoms with E-state index in [4.69, 9.17) is 0 Å². The molecule has 0 bridgehead atoms. The average Bonchev–Trinajstić information content (AvgIpc) is 2.78. The fraction of sp³-hybridized carbons (Fsp3) is 0.769. The van der Waals surface area contributed by atoms with Crippen LogP contribution in [-0.2, 0) is 7.05 Å². The molecule has 5 nitrogen and oxygen atoms in total. The Hall–Kier alpha value is -0.910. The molecule has 18 heavy (non-hydrogen) atoms. The smallest absolute Gasteiger partial charge is 0.125 e. The number of piperazine rings is 1. The summed E-state index contributed by atoms with van der Waals surface area (Å²) in [5.74, 6) is 1.10. The largest absolute Gasteiger partial charge is 0.337 e. The van der Waals surface area contributed by atoms with Gasteiger partial charge in [-0.25, -0.2) is 4.98 Å². The minimum atomic E-state index is 0.317. The topological polar surface area (TPSA) is 36.3 Å². The molecule has 2 rings (SSSR count). The van der Waals surface area contributed by atoms with Gasteiger partial charge in [0.25, 0.3) is 0 Å². The fourth-order valence-corrected chi connectivity index (χ4v) is 2.40. The van der Waals surface area contributed by atoms with Crippen LogP contribution in [-0.4, -0.2) is 65.7 Å². The third-order valence-electron chi connectivity index (χ3n) is 3.72. The van der Waals surface area contributed by atoms with Crippen LogP contribution in [0.4, 0.5) is 0 Å². The highest BCUT2D eigenvalue weighted by atomic mass is 15.2. The van der Waals surface area contributed by atoms with E-state index in [9.17, 15) is 0 Å². The molecule has 5 heteroatoms. The van der Waals surface area contributed by atoms with Crippen LogP contribution < -0.4 is 5.32 Å². The van der Waals surface area contributed by atoms with Crippen LogP contribution in [0.3, 0.4) is 0 Å². The van der Waals surface area contributed by atoms with Crippen LogP contribution >= 0.6 is 0 Å². The third-order valence-corrected chi connectivity index (χ3v) is 3.72. The zero-order valence-corrected chi connectivity index (χ0v) is 11.8.